The van der Waals surface area contributed by atoms with Gasteiger partial charge in [-0.1, -0.05) is 0 Å². The molecule has 0 nitrogen and oxygen atoms in total. The topological polar surface area (TPSA) is 0 Å². The van der Waals surface area contributed by atoms with Crippen LogP contribution in [0.5, 0.6) is 0 Å². The van der Waals surface area contributed by atoms with E-state index < -0.39 is 0 Å². The van der Waals surface area contributed by atoms with Crippen molar-refractivity contribution in [2.24, 2.45) is 0 Å². The molecule has 0 aromatic carbocycles. The summed E-state index contributed by atoms with van der Waals surface area (Å²) in [5.41, 5.74) is 0. The standard InChI is InChI=1S/Al.Ba.FH.Gd.Zr.4H/h;;1H;;;;;;/q+1;+2;;;;;;2*-1/p-1. The van der Waals surface area contributed by atoms with Gasteiger partial charge in [0.2, 0.25) is 0 Å². The molecular formula is H4AlBaFGdZr. The van der Waals surface area contributed by atoms with E-state index in [4.69, 9.17) is 0 Å². The Morgan fingerprint density at radius 2 is 1.40 bits per heavy atom. The molecule has 0 rings (SSSR count). The second-order valence-corrected chi connectivity index (χ2v) is 0. The molecule has 0 amide bonds. The van der Waals surface area contributed by atoms with Gasteiger partial charge >= 0.3 is 65.6 Å². The Balaban J connectivity index is -0.000000000500. The van der Waals surface area contributed by atoms with Gasteiger partial charge in [0.1, 0.15) is 0 Å². The van der Waals surface area contributed by atoms with Crippen molar-refractivity contribution < 1.29 is 72.5 Å². The fraction of sp³-hybridized carbons (Fsp3) is 0. The molecule has 28 valence electrons. The summed E-state index contributed by atoms with van der Waals surface area (Å²) < 4.78 is 9.64. The monoisotopic (exact) mass is 436 g/mol. The average molecular weight is 436 g/mol. The smallest absolute Gasteiger partial charge is 1.00 e. The molecule has 0 saturated carbocycles. The molecular weight excluding hydrogens is 432 g/mol. The van der Waals surface area contributed by atoms with E-state index in [1.54, 1.807) is 0 Å². The quantitative estimate of drug-likeness (QED) is 0.444. The van der Waals surface area contributed by atoms with Crippen LogP contribution < -0.4 is 0 Å². The first-order valence-corrected chi connectivity index (χ1v) is 1.13. The summed E-state index contributed by atoms with van der Waals surface area (Å²) in [6, 6.07) is 0. The van der Waals surface area contributed by atoms with Crippen molar-refractivity contribution >= 4 is 65.6 Å². The van der Waals surface area contributed by atoms with Crippen LogP contribution >= 0.6 is 0 Å². The molecule has 0 unspecified atom stereocenters. The van der Waals surface area contributed by atoms with Crippen LogP contribution in [0.4, 0.5) is 3.52 Å². The van der Waals surface area contributed by atoms with Crippen molar-refractivity contribution in [1.29, 1.82) is 0 Å². The Morgan fingerprint density at radius 3 is 1.40 bits per heavy atom. The van der Waals surface area contributed by atoms with Gasteiger partial charge in [-0.05, 0) is 0 Å². The molecule has 5 heavy (non-hydrogen) atoms. The zero-order valence-corrected chi connectivity index (χ0v) is 14.1. The Bertz CT molecular complexity index is 17.7. The van der Waals surface area contributed by atoms with Gasteiger partial charge in [0, 0.05) is 66.1 Å². The third-order valence-electron chi connectivity index (χ3n) is 0. The van der Waals surface area contributed by atoms with E-state index in [1.165, 1.54) is 0 Å². The number of halogens is 1. The Hall–Kier alpha value is 4.24. The maximum absolute atomic E-state index is 9.64. The van der Waals surface area contributed by atoms with Crippen LogP contribution in [0.25, 0.3) is 0 Å². The van der Waals surface area contributed by atoms with Gasteiger partial charge < -0.3 is 6.38 Å². The molecule has 0 aliphatic heterocycles. The summed E-state index contributed by atoms with van der Waals surface area (Å²) in [6.07, 6.45) is 0. The zero-order chi connectivity index (χ0) is 2.00. The number of hydrogen-bond donors (Lipinski definition) is 0. The van der Waals surface area contributed by atoms with E-state index in [0.717, 1.165) is 0 Å². The third kappa shape index (κ3) is 17.8. The Morgan fingerprint density at radius 1 is 1.40 bits per heavy atom. The first-order valence-electron chi connectivity index (χ1n) is 0.378. The van der Waals surface area contributed by atoms with Crippen molar-refractivity contribution in [3.05, 3.63) is 0 Å². The first kappa shape index (κ1) is 22.8. The molecule has 0 fully saturated rings. The van der Waals surface area contributed by atoms with Crippen LogP contribution in [-0.4, -0.2) is 65.6 Å². The van der Waals surface area contributed by atoms with Crippen LogP contribution in [0.3, 0.4) is 0 Å². The average Bonchev–Trinajstić information content (AvgIpc) is 1.00. The normalized spacial score (nSPS) is 1.00. The van der Waals surface area contributed by atoms with E-state index in [-0.39, 0.29) is 135 Å². The fourth-order valence-corrected chi connectivity index (χ4v) is 0. The number of rotatable bonds is 0. The van der Waals surface area contributed by atoms with Gasteiger partial charge in [-0.3, -0.25) is 0 Å². The van der Waals surface area contributed by atoms with Crippen LogP contribution in [0, 0.1) is 39.9 Å². The molecule has 0 aliphatic carbocycles. The molecule has 0 spiro atoms. The van der Waals surface area contributed by atoms with Gasteiger partial charge in [0.15, 0.2) is 0 Å². The van der Waals surface area contributed by atoms with E-state index in [1.807, 2.05) is 0 Å². The Kier molecular flexibility index (Phi) is 110. The minimum absolute atomic E-state index is 0. The van der Waals surface area contributed by atoms with E-state index in [2.05, 4.69) is 0 Å². The minimum atomic E-state index is -0.194. The molecule has 0 bridgehead atoms. The molecule has 0 aromatic heterocycles. The van der Waals surface area contributed by atoms with Gasteiger partial charge in [-0.25, -0.2) is 0 Å². The van der Waals surface area contributed by atoms with Gasteiger partial charge in [0.05, 0.1) is 0 Å². The summed E-state index contributed by atoms with van der Waals surface area (Å²) in [5.74, 6) is 0. The van der Waals surface area contributed by atoms with E-state index >= 15 is 0 Å². The minimum Gasteiger partial charge on any atom is -1.00 e. The molecule has 5 heteroatoms. The second-order valence-electron chi connectivity index (χ2n) is 0. The molecule has 0 N–H and O–H groups in total. The van der Waals surface area contributed by atoms with Crippen LogP contribution in [-0.2, 0) is 26.2 Å². The van der Waals surface area contributed by atoms with Crippen molar-refractivity contribution in [3.8, 4) is 0 Å². The molecule has 0 radical (unpaired) electrons. The summed E-state index contributed by atoms with van der Waals surface area (Å²) in [6.45, 7) is 0. The summed E-state index contributed by atoms with van der Waals surface area (Å²) in [5, 5.41) is 0. The van der Waals surface area contributed by atoms with Crippen molar-refractivity contribution in [3.63, 3.8) is 0 Å². The number of hydrogen-bond acceptors (Lipinski definition) is 0. The van der Waals surface area contributed by atoms with Gasteiger partial charge in [-0.15, -0.1) is 0 Å². The van der Waals surface area contributed by atoms with Crippen molar-refractivity contribution in [1.82, 2.24) is 0 Å². The molecule has 0 atom stereocenters. The maximum Gasteiger partial charge on any atom is 2.00 e. The zero-order valence-electron chi connectivity index (χ0n) is 4.94. The SMILES string of the molecule is [Ba+2].[F][AlH2].[Gd].[H-].[H-].[Zr]. The largest absolute Gasteiger partial charge is 2.00 e. The van der Waals surface area contributed by atoms with Crippen molar-refractivity contribution in [2.45, 2.75) is 0 Å². The van der Waals surface area contributed by atoms with Gasteiger partial charge in [-0.2, -0.15) is 0 Å². The second kappa shape index (κ2) is 24.0. The predicted molar refractivity (Wildman–Crippen MR) is 17.6 cm³/mol. The van der Waals surface area contributed by atoms with E-state index in [9.17, 15) is 3.52 Å². The van der Waals surface area contributed by atoms with Crippen LogP contribution in [0.1, 0.15) is 2.85 Å². The Labute approximate surface area is 134 Å². The fourth-order valence-electron chi connectivity index (χ4n) is 0. The van der Waals surface area contributed by atoms with Crippen LogP contribution in [0.2, 0.25) is 0 Å². The predicted octanol–water partition coefficient (Wildman–Crippen LogP) is -0.654. The van der Waals surface area contributed by atoms with Crippen molar-refractivity contribution in [2.75, 3.05) is 0 Å². The summed E-state index contributed by atoms with van der Waals surface area (Å²) in [4.78, 5) is 0. The summed E-state index contributed by atoms with van der Waals surface area (Å²) >= 11 is -0.194. The maximum atomic E-state index is 9.64. The molecule has 0 aliphatic rings. The van der Waals surface area contributed by atoms with E-state index in [0.29, 0.717) is 0 Å². The molecule has 0 heterocycles. The van der Waals surface area contributed by atoms with Crippen LogP contribution in [0.15, 0.2) is 0 Å². The summed E-state index contributed by atoms with van der Waals surface area (Å²) in [7, 11) is 0. The molecule has 0 saturated heterocycles. The first-order chi connectivity index (χ1) is 1.00. The molecule has 0 aromatic rings. The van der Waals surface area contributed by atoms with Gasteiger partial charge in [0.25, 0.3) is 0 Å². The third-order valence-corrected chi connectivity index (χ3v) is 0.